The number of rotatable bonds is 6. The van der Waals surface area contributed by atoms with Crippen LogP contribution in [0.1, 0.15) is 5.56 Å². The van der Waals surface area contributed by atoms with E-state index in [2.05, 4.69) is 22.8 Å². The molecule has 0 saturated heterocycles. The third-order valence-corrected chi connectivity index (χ3v) is 3.93. The van der Waals surface area contributed by atoms with Gasteiger partial charge < -0.3 is 15.4 Å². The van der Waals surface area contributed by atoms with E-state index in [1.807, 2.05) is 30.3 Å². The van der Waals surface area contributed by atoms with Gasteiger partial charge in [0.15, 0.2) is 0 Å². The second-order valence-electron chi connectivity index (χ2n) is 5.70. The molecule has 0 spiro atoms. The summed E-state index contributed by atoms with van der Waals surface area (Å²) in [5.74, 6) is 0.765. The average Bonchev–Trinajstić information content (AvgIpc) is 2.64. The molecule has 26 heavy (non-hydrogen) atoms. The first-order valence-electron chi connectivity index (χ1n) is 8.29. The number of nitrogens with one attached hydrogen (secondary N) is 2. The summed E-state index contributed by atoms with van der Waals surface area (Å²) in [6, 6.07) is 24.1. The Morgan fingerprint density at radius 3 is 2.31 bits per heavy atom. The minimum Gasteiger partial charge on any atom is -0.493 e. The van der Waals surface area contributed by atoms with E-state index >= 15 is 0 Å². The molecule has 0 aliphatic carbocycles. The van der Waals surface area contributed by atoms with Crippen molar-refractivity contribution in [2.45, 2.75) is 6.42 Å². The zero-order chi connectivity index (χ0) is 18.2. The van der Waals surface area contributed by atoms with Gasteiger partial charge in [-0.15, -0.1) is 0 Å². The molecule has 0 radical (unpaired) electrons. The summed E-state index contributed by atoms with van der Waals surface area (Å²) in [7, 11) is 0. The number of halogens is 1. The Morgan fingerprint density at radius 2 is 1.58 bits per heavy atom. The number of hydrogen-bond donors (Lipinski definition) is 2. The van der Waals surface area contributed by atoms with Crippen LogP contribution >= 0.6 is 11.6 Å². The monoisotopic (exact) mass is 366 g/mol. The average molecular weight is 367 g/mol. The molecule has 2 N–H and O–H groups in total. The van der Waals surface area contributed by atoms with Gasteiger partial charge in [0.1, 0.15) is 5.75 Å². The molecule has 0 aliphatic rings. The van der Waals surface area contributed by atoms with Crippen LogP contribution in [0, 0.1) is 0 Å². The highest BCUT2D eigenvalue weighted by atomic mass is 35.5. The highest BCUT2D eigenvalue weighted by molar-refractivity contribution is 6.30. The number of ether oxygens (including phenoxy) is 1. The molecule has 0 heterocycles. The second-order valence-corrected chi connectivity index (χ2v) is 6.13. The smallest absolute Gasteiger partial charge is 0.323 e. The minimum atomic E-state index is -0.329. The van der Waals surface area contributed by atoms with E-state index in [0.717, 1.165) is 12.2 Å². The maximum absolute atomic E-state index is 12.0. The Labute approximate surface area is 157 Å². The Balaban J connectivity index is 1.47. The fourth-order valence-corrected chi connectivity index (χ4v) is 2.62. The van der Waals surface area contributed by atoms with E-state index in [1.54, 1.807) is 36.4 Å². The van der Waals surface area contributed by atoms with Gasteiger partial charge in [0.2, 0.25) is 0 Å². The van der Waals surface area contributed by atoms with Gasteiger partial charge in [0.25, 0.3) is 0 Å². The van der Waals surface area contributed by atoms with Gasteiger partial charge in [0.05, 0.1) is 6.61 Å². The number of carbonyl (C=O) groups is 1. The second kappa shape index (κ2) is 8.92. The first-order chi connectivity index (χ1) is 12.7. The van der Waals surface area contributed by atoms with Crippen molar-refractivity contribution in [2.75, 3.05) is 17.2 Å². The van der Waals surface area contributed by atoms with Crippen molar-refractivity contribution in [3.63, 3.8) is 0 Å². The summed E-state index contributed by atoms with van der Waals surface area (Å²) in [5.41, 5.74) is 2.55. The maximum atomic E-state index is 12.0. The first kappa shape index (κ1) is 17.8. The summed E-state index contributed by atoms with van der Waals surface area (Å²) >= 11 is 5.90. The lowest BCUT2D eigenvalue weighted by Crippen LogP contribution is -2.19. The molecule has 3 aromatic rings. The molecule has 0 atom stereocenters. The summed E-state index contributed by atoms with van der Waals surface area (Å²) in [6.07, 6.45) is 0.850. The lowest BCUT2D eigenvalue weighted by Gasteiger charge is -2.10. The number of amides is 2. The normalized spacial score (nSPS) is 10.2. The van der Waals surface area contributed by atoms with Crippen LogP contribution in [0.15, 0.2) is 78.9 Å². The molecule has 2 amide bonds. The van der Waals surface area contributed by atoms with Crippen LogP contribution in [0.5, 0.6) is 5.75 Å². The highest BCUT2D eigenvalue weighted by Crippen LogP contribution is 2.18. The zero-order valence-corrected chi connectivity index (χ0v) is 14.9. The summed E-state index contributed by atoms with van der Waals surface area (Å²) in [5, 5.41) is 6.07. The Kier molecular flexibility index (Phi) is 6.12. The molecule has 0 aliphatic heterocycles. The van der Waals surface area contributed by atoms with Gasteiger partial charge in [0, 0.05) is 22.8 Å². The zero-order valence-electron chi connectivity index (χ0n) is 14.1. The number of benzene rings is 3. The van der Waals surface area contributed by atoms with Crippen LogP contribution in [0.2, 0.25) is 5.02 Å². The standard InChI is InChI=1S/C21H19ClN2O2/c22-17-7-4-8-19(15-17)24-21(25)23-18-9-11-20(12-10-18)26-14-13-16-5-2-1-3-6-16/h1-12,15H,13-14H2,(H2,23,24,25). The van der Waals surface area contributed by atoms with Gasteiger partial charge >= 0.3 is 6.03 Å². The van der Waals surface area contributed by atoms with Gasteiger partial charge in [-0.2, -0.15) is 0 Å². The molecule has 0 aromatic heterocycles. The number of hydrogen-bond acceptors (Lipinski definition) is 2. The van der Waals surface area contributed by atoms with Crippen LogP contribution in [-0.4, -0.2) is 12.6 Å². The summed E-state index contributed by atoms with van der Waals surface area (Å²) in [4.78, 5) is 12.0. The van der Waals surface area contributed by atoms with E-state index in [1.165, 1.54) is 5.56 Å². The van der Waals surface area contributed by atoms with Gasteiger partial charge in [-0.1, -0.05) is 48.0 Å². The van der Waals surface area contributed by atoms with Gasteiger partial charge in [-0.05, 0) is 48.0 Å². The quantitative estimate of drug-likeness (QED) is 0.596. The van der Waals surface area contributed by atoms with Crippen molar-refractivity contribution in [1.29, 1.82) is 0 Å². The van der Waals surface area contributed by atoms with Crippen LogP contribution in [0.25, 0.3) is 0 Å². The number of carbonyl (C=O) groups excluding carboxylic acids is 1. The predicted octanol–water partition coefficient (Wildman–Crippen LogP) is 5.61. The molecule has 0 unspecified atom stereocenters. The van der Waals surface area contributed by atoms with E-state index in [-0.39, 0.29) is 6.03 Å². The summed E-state index contributed by atoms with van der Waals surface area (Å²) < 4.78 is 5.74. The van der Waals surface area contributed by atoms with Crippen molar-refractivity contribution in [3.05, 3.63) is 89.4 Å². The Morgan fingerprint density at radius 1 is 0.846 bits per heavy atom. The van der Waals surface area contributed by atoms with E-state index < -0.39 is 0 Å². The third-order valence-electron chi connectivity index (χ3n) is 3.70. The topological polar surface area (TPSA) is 50.4 Å². The largest absolute Gasteiger partial charge is 0.493 e. The molecule has 0 fully saturated rings. The van der Waals surface area contributed by atoms with Crippen LogP contribution < -0.4 is 15.4 Å². The maximum Gasteiger partial charge on any atom is 0.323 e. The Bertz CT molecular complexity index is 851. The van der Waals surface area contributed by atoms with E-state index in [4.69, 9.17) is 16.3 Å². The first-order valence-corrected chi connectivity index (χ1v) is 8.67. The van der Waals surface area contributed by atoms with Crippen molar-refractivity contribution >= 4 is 29.0 Å². The molecular formula is C21H19ClN2O2. The molecule has 4 nitrogen and oxygen atoms in total. The fourth-order valence-electron chi connectivity index (χ4n) is 2.43. The molecule has 3 rings (SSSR count). The van der Waals surface area contributed by atoms with E-state index in [9.17, 15) is 4.79 Å². The molecular weight excluding hydrogens is 348 g/mol. The Hall–Kier alpha value is -2.98. The highest BCUT2D eigenvalue weighted by Gasteiger charge is 2.03. The van der Waals surface area contributed by atoms with E-state index in [0.29, 0.717) is 23.0 Å². The number of urea groups is 1. The van der Waals surface area contributed by atoms with Crippen LogP contribution in [-0.2, 0) is 6.42 Å². The molecule has 5 heteroatoms. The molecule has 0 saturated carbocycles. The van der Waals surface area contributed by atoms with Gasteiger partial charge in [-0.3, -0.25) is 0 Å². The van der Waals surface area contributed by atoms with Crippen molar-refractivity contribution in [1.82, 2.24) is 0 Å². The summed E-state index contributed by atoms with van der Waals surface area (Å²) in [6.45, 7) is 0.603. The minimum absolute atomic E-state index is 0.329. The van der Waals surface area contributed by atoms with Crippen LogP contribution in [0.3, 0.4) is 0 Å². The van der Waals surface area contributed by atoms with Crippen molar-refractivity contribution in [2.24, 2.45) is 0 Å². The predicted molar refractivity (Wildman–Crippen MR) is 106 cm³/mol. The van der Waals surface area contributed by atoms with Gasteiger partial charge in [-0.25, -0.2) is 4.79 Å². The third kappa shape index (κ3) is 5.53. The molecule has 132 valence electrons. The lowest BCUT2D eigenvalue weighted by atomic mass is 10.2. The van der Waals surface area contributed by atoms with Crippen molar-refractivity contribution in [3.8, 4) is 5.75 Å². The lowest BCUT2D eigenvalue weighted by molar-refractivity contribution is 0.262. The SMILES string of the molecule is O=C(Nc1ccc(OCCc2ccccc2)cc1)Nc1cccc(Cl)c1. The molecule has 0 bridgehead atoms. The fraction of sp³-hybridized carbons (Fsp3) is 0.0952. The van der Waals surface area contributed by atoms with Crippen molar-refractivity contribution < 1.29 is 9.53 Å². The molecule has 3 aromatic carbocycles. The van der Waals surface area contributed by atoms with Crippen LogP contribution in [0.4, 0.5) is 16.2 Å². The number of anilines is 2.